The molecule has 0 aliphatic heterocycles. The summed E-state index contributed by atoms with van der Waals surface area (Å²) in [6.07, 6.45) is 0.584. The van der Waals surface area contributed by atoms with Crippen LogP contribution in [0.4, 0.5) is 5.69 Å². The van der Waals surface area contributed by atoms with Gasteiger partial charge in [0.05, 0.1) is 27.3 Å². The van der Waals surface area contributed by atoms with Crippen LogP contribution >= 0.6 is 0 Å². The lowest BCUT2D eigenvalue weighted by Crippen LogP contribution is -2.57. The fraction of sp³-hybridized carbons (Fsp3) is 0.412. The topological polar surface area (TPSA) is 138 Å². The monoisotopic (exact) mass is 619 g/mol. The third-order valence-corrected chi connectivity index (χ3v) is 7.45. The van der Waals surface area contributed by atoms with E-state index in [9.17, 15) is 19.6 Å². The molecular formula is C34H46BN3O7. The summed E-state index contributed by atoms with van der Waals surface area (Å²) in [5.41, 5.74) is 3.47. The number of carbonyl (C=O) groups excluding carboxylic acids is 2. The molecule has 0 saturated carbocycles. The number of hydrogen-bond donors (Lipinski definition) is 5. The zero-order chi connectivity index (χ0) is 33.1. The first-order chi connectivity index (χ1) is 21.5. The van der Waals surface area contributed by atoms with Crippen LogP contribution in [0.5, 0.6) is 17.2 Å². The molecule has 10 nitrogen and oxygen atoms in total. The van der Waals surface area contributed by atoms with E-state index in [1.54, 1.807) is 12.1 Å². The molecule has 0 aliphatic rings. The van der Waals surface area contributed by atoms with E-state index in [-0.39, 0.29) is 18.3 Å². The molecule has 11 heteroatoms. The molecular weight excluding hydrogens is 573 g/mol. The molecule has 0 aliphatic carbocycles. The van der Waals surface area contributed by atoms with Crippen molar-refractivity contribution in [2.45, 2.75) is 58.6 Å². The van der Waals surface area contributed by atoms with Crippen LogP contribution in [-0.4, -0.2) is 68.3 Å². The number of anilines is 1. The maximum Gasteiger partial charge on any atom is 0.475 e. The normalized spacial score (nSPS) is 13.0. The van der Waals surface area contributed by atoms with Gasteiger partial charge >= 0.3 is 7.12 Å². The predicted molar refractivity (Wildman–Crippen MR) is 177 cm³/mol. The first kappa shape index (κ1) is 35.3. The summed E-state index contributed by atoms with van der Waals surface area (Å²) in [7, 11) is 2.85. The maximum atomic E-state index is 14.0. The minimum absolute atomic E-state index is 0.114. The standard InChI is InChI=1S/C34H46BN3O7/c1-21(2)16-30(35(41)42)37-34(40)31(22(3)4)38-33(39)27(17-23-18-28(43-5)32(45-7)29(19-23)44-6)36-26-15-11-14-25(20-26)24-12-9-8-10-13-24/h8-15,18-22,27,30-31,36,41-42H,16-17H2,1-7H3,(H,37,40)(H,38,39). The Labute approximate surface area is 266 Å². The zero-order valence-corrected chi connectivity index (χ0v) is 27.2. The fourth-order valence-corrected chi connectivity index (χ4v) is 5.14. The summed E-state index contributed by atoms with van der Waals surface area (Å²) in [5, 5.41) is 28.8. The molecule has 0 saturated heterocycles. The minimum Gasteiger partial charge on any atom is -0.493 e. The second-order valence-corrected chi connectivity index (χ2v) is 11.8. The van der Waals surface area contributed by atoms with Gasteiger partial charge in [-0.2, -0.15) is 0 Å². The SMILES string of the molecule is COc1cc(CC(Nc2cccc(-c3ccccc3)c2)C(=O)NC(C(=O)NC(CC(C)C)B(O)O)C(C)C)cc(OC)c1OC. The molecule has 0 spiro atoms. The van der Waals surface area contributed by atoms with Crippen molar-refractivity contribution >= 4 is 24.6 Å². The number of ether oxygens (including phenoxy) is 3. The zero-order valence-electron chi connectivity index (χ0n) is 27.2. The number of methoxy groups -OCH3 is 3. The number of nitrogens with one attached hydrogen (secondary N) is 3. The summed E-state index contributed by atoms with van der Waals surface area (Å²) in [4.78, 5) is 27.4. The molecule has 0 fully saturated rings. The highest BCUT2D eigenvalue weighted by Gasteiger charge is 2.33. The van der Waals surface area contributed by atoms with E-state index >= 15 is 0 Å². The van der Waals surface area contributed by atoms with Crippen molar-refractivity contribution in [1.29, 1.82) is 0 Å². The number of hydrogen-bond acceptors (Lipinski definition) is 8. The van der Waals surface area contributed by atoms with Crippen molar-refractivity contribution in [2.75, 3.05) is 26.6 Å². The van der Waals surface area contributed by atoms with Crippen LogP contribution in [0.15, 0.2) is 66.7 Å². The Balaban J connectivity index is 1.95. The molecule has 0 bridgehead atoms. The molecule has 242 valence electrons. The first-order valence-corrected chi connectivity index (χ1v) is 15.1. The number of rotatable bonds is 16. The third-order valence-electron chi connectivity index (χ3n) is 7.45. The molecule has 2 amide bonds. The van der Waals surface area contributed by atoms with Gasteiger partial charge in [0.2, 0.25) is 17.6 Å². The highest BCUT2D eigenvalue weighted by Crippen LogP contribution is 2.38. The molecule has 3 atom stereocenters. The quantitative estimate of drug-likeness (QED) is 0.151. The summed E-state index contributed by atoms with van der Waals surface area (Å²) in [5.74, 6) is -0.597. The van der Waals surface area contributed by atoms with Gasteiger partial charge < -0.3 is 40.2 Å². The van der Waals surface area contributed by atoms with Gasteiger partial charge in [0.1, 0.15) is 12.1 Å². The lowest BCUT2D eigenvalue weighted by atomic mass is 9.75. The molecule has 0 aromatic heterocycles. The van der Waals surface area contributed by atoms with Crippen molar-refractivity contribution in [3.05, 3.63) is 72.3 Å². The van der Waals surface area contributed by atoms with Crippen LogP contribution in [-0.2, 0) is 16.0 Å². The van der Waals surface area contributed by atoms with Crippen molar-refractivity contribution in [3.63, 3.8) is 0 Å². The Morgan fingerprint density at radius 3 is 1.93 bits per heavy atom. The van der Waals surface area contributed by atoms with E-state index in [0.717, 1.165) is 22.4 Å². The van der Waals surface area contributed by atoms with Gasteiger partial charge in [-0.3, -0.25) is 9.59 Å². The Morgan fingerprint density at radius 2 is 1.40 bits per heavy atom. The molecule has 3 aromatic rings. The lowest BCUT2D eigenvalue weighted by molar-refractivity contribution is -0.130. The molecule has 0 heterocycles. The van der Waals surface area contributed by atoms with E-state index in [1.807, 2.05) is 82.3 Å². The number of benzene rings is 3. The van der Waals surface area contributed by atoms with Gasteiger partial charge in [-0.15, -0.1) is 0 Å². The van der Waals surface area contributed by atoms with Gasteiger partial charge in [-0.05, 0) is 59.2 Å². The van der Waals surface area contributed by atoms with Crippen LogP contribution in [0.1, 0.15) is 39.7 Å². The van der Waals surface area contributed by atoms with Crippen LogP contribution < -0.4 is 30.2 Å². The first-order valence-electron chi connectivity index (χ1n) is 15.1. The Bertz CT molecular complexity index is 1380. The smallest absolute Gasteiger partial charge is 0.475 e. The molecule has 0 radical (unpaired) electrons. The van der Waals surface area contributed by atoms with Crippen LogP contribution in [0, 0.1) is 11.8 Å². The third kappa shape index (κ3) is 9.89. The van der Waals surface area contributed by atoms with E-state index in [4.69, 9.17) is 14.2 Å². The number of amides is 2. The lowest BCUT2D eigenvalue weighted by Gasteiger charge is -2.28. The van der Waals surface area contributed by atoms with Crippen molar-refractivity contribution < 1.29 is 33.8 Å². The Hall–Kier alpha value is -4.22. The number of carbonyl (C=O) groups is 2. The minimum atomic E-state index is -1.73. The largest absolute Gasteiger partial charge is 0.493 e. The summed E-state index contributed by atoms with van der Waals surface area (Å²) in [6, 6.07) is 19.5. The van der Waals surface area contributed by atoms with E-state index in [1.165, 1.54) is 21.3 Å². The van der Waals surface area contributed by atoms with Crippen LogP contribution in [0.25, 0.3) is 11.1 Å². The van der Waals surface area contributed by atoms with Gasteiger partial charge in [-0.25, -0.2) is 0 Å². The van der Waals surface area contributed by atoms with Crippen LogP contribution in [0.3, 0.4) is 0 Å². The molecule has 3 rings (SSSR count). The van der Waals surface area contributed by atoms with E-state index in [0.29, 0.717) is 23.7 Å². The molecule has 45 heavy (non-hydrogen) atoms. The van der Waals surface area contributed by atoms with Crippen molar-refractivity contribution in [3.8, 4) is 28.4 Å². The average molecular weight is 620 g/mol. The molecule has 3 unspecified atom stereocenters. The maximum absolute atomic E-state index is 14.0. The summed E-state index contributed by atoms with van der Waals surface area (Å²) >= 11 is 0. The molecule has 3 aromatic carbocycles. The van der Waals surface area contributed by atoms with Gasteiger partial charge in [-0.1, -0.05) is 70.2 Å². The van der Waals surface area contributed by atoms with Crippen LogP contribution in [0.2, 0.25) is 0 Å². The summed E-state index contributed by atoms with van der Waals surface area (Å²) in [6.45, 7) is 7.50. The summed E-state index contributed by atoms with van der Waals surface area (Å²) < 4.78 is 16.5. The average Bonchev–Trinajstić information content (AvgIpc) is 3.02. The van der Waals surface area contributed by atoms with E-state index in [2.05, 4.69) is 16.0 Å². The second kappa shape index (κ2) is 16.7. The highest BCUT2D eigenvalue weighted by atomic mass is 16.5. The predicted octanol–water partition coefficient (Wildman–Crippen LogP) is 4.09. The Kier molecular flexibility index (Phi) is 13.1. The van der Waals surface area contributed by atoms with Gasteiger partial charge in [0, 0.05) is 12.1 Å². The second-order valence-electron chi connectivity index (χ2n) is 11.8. The van der Waals surface area contributed by atoms with Crippen molar-refractivity contribution in [2.24, 2.45) is 11.8 Å². The fourth-order valence-electron chi connectivity index (χ4n) is 5.14. The molecule has 5 N–H and O–H groups in total. The highest BCUT2D eigenvalue weighted by molar-refractivity contribution is 6.43. The van der Waals surface area contributed by atoms with Gasteiger partial charge in [0.15, 0.2) is 11.5 Å². The van der Waals surface area contributed by atoms with E-state index < -0.39 is 37.0 Å². The van der Waals surface area contributed by atoms with Gasteiger partial charge in [0.25, 0.3) is 0 Å². The Morgan fingerprint density at radius 1 is 0.778 bits per heavy atom. The van der Waals surface area contributed by atoms with Crippen molar-refractivity contribution in [1.82, 2.24) is 10.6 Å².